The molecule has 9 aromatic rings. The normalized spacial score (nSPS) is 11.4. The predicted octanol–water partition coefficient (Wildman–Crippen LogP) is -1.50. The molecule has 0 unspecified atom stereocenters. The minimum Gasteiger partial charge on any atom is -0.456 e. The van der Waals surface area contributed by atoms with Crippen molar-refractivity contribution in [1.29, 1.82) is 0 Å². The third kappa shape index (κ3) is 6.36. The molecular formula is C45H18B11N3O. The summed E-state index contributed by atoms with van der Waals surface area (Å²) < 4.78 is 6.33. The molecule has 0 fully saturated rings. The van der Waals surface area contributed by atoms with E-state index in [0.717, 1.165) is 22.3 Å². The Kier molecular flexibility index (Phi) is 10.1. The fraction of sp³-hybridized carbons (Fsp3) is 0. The topological polar surface area (TPSA) is 51.8 Å². The summed E-state index contributed by atoms with van der Waals surface area (Å²) in [6, 6.07) is 35.8. The second-order valence-corrected chi connectivity index (χ2v) is 14.4. The molecule has 0 amide bonds. The zero-order valence-corrected chi connectivity index (χ0v) is 32.0. The minimum atomic E-state index is -0.0164. The van der Waals surface area contributed by atoms with Gasteiger partial charge in [-0.2, -0.15) is 0 Å². The van der Waals surface area contributed by atoms with Crippen molar-refractivity contribution in [3.8, 4) is 67.5 Å². The van der Waals surface area contributed by atoms with Crippen molar-refractivity contribution < 1.29 is 4.42 Å². The van der Waals surface area contributed by atoms with E-state index < -0.39 is 0 Å². The van der Waals surface area contributed by atoms with Gasteiger partial charge >= 0.3 is 0 Å². The average molecular weight is 736 g/mol. The van der Waals surface area contributed by atoms with Gasteiger partial charge in [-0.05, 0) is 27.8 Å². The lowest BCUT2D eigenvalue weighted by atomic mass is 9.60. The van der Waals surface area contributed by atoms with E-state index in [1.807, 2.05) is 109 Å². The van der Waals surface area contributed by atoms with Crippen LogP contribution in [-0.2, 0) is 0 Å². The first-order valence-electron chi connectivity index (χ1n) is 18.6. The van der Waals surface area contributed by atoms with Gasteiger partial charge in [0.25, 0.3) is 0 Å². The Morgan fingerprint density at radius 2 is 0.600 bits per heavy atom. The van der Waals surface area contributed by atoms with E-state index in [0.29, 0.717) is 22.8 Å². The molecule has 0 saturated heterocycles. The summed E-state index contributed by atoms with van der Waals surface area (Å²) in [6.45, 7) is 0. The highest BCUT2D eigenvalue weighted by Crippen LogP contribution is 2.32. The Balaban J connectivity index is 1.25. The van der Waals surface area contributed by atoms with Crippen LogP contribution in [0.2, 0.25) is 0 Å². The van der Waals surface area contributed by atoms with Crippen molar-refractivity contribution in [3.05, 3.63) is 109 Å². The van der Waals surface area contributed by atoms with Crippen molar-refractivity contribution >= 4 is 168 Å². The Bertz CT molecular complexity index is 3060. The van der Waals surface area contributed by atoms with Crippen LogP contribution in [0.4, 0.5) is 0 Å². The maximum Gasteiger partial charge on any atom is 0.164 e. The highest BCUT2D eigenvalue weighted by Gasteiger charge is 2.26. The summed E-state index contributed by atoms with van der Waals surface area (Å²) in [7, 11) is 72.7. The first-order valence-corrected chi connectivity index (χ1v) is 18.6. The van der Waals surface area contributed by atoms with Gasteiger partial charge in [0, 0.05) is 33.0 Å². The molecule has 9 rings (SSSR count). The van der Waals surface area contributed by atoms with Gasteiger partial charge in [-0.1, -0.05) is 153 Å². The predicted molar refractivity (Wildman–Crippen MR) is 259 cm³/mol. The molecular weight excluding hydrogens is 717 g/mol. The molecule has 0 aliphatic heterocycles. The summed E-state index contributed by atoms with van der Waals surface area (Å²) in [4.78, 5) is 14.7. The van der Waals surface area contributed by atoms with Crippen molar-refractivity contribution in [1.82, 2.24) is 15.0 Å². The molecule has 60 heavy (non-hydrogen) atoms. The summed E-state index contributed by atoms with van der Waals surface area (Å²) >= 11 is 0. The highest BCUT2D eigenvalue weighted by atomic mass is 16.3. The largest absolute Gasteiger partial charge is 0.456 e. The van der Waals surface area contributed by atoms with Crippen LogP contribution in [0.5, 0.6) is 0 Å². The van der Waals surface area contributed by atoms with Gasteiger partial charge in [0.05, 0.1) is 0 Å². The van der Waals surface area contributed by atoms with E-state index in [-0.39, 0.29) is 105 Å². The van der Waals surface area contributed by atoms with Crippen molar-refractivity contribution in [2.75, 3.05) is 0 Å². The lowest BCUT2D eigenvalue weighted by Gasteiger charge is -2.25. The van der Waals surface area contributed by atoms with E-state index >= 15 is 0 Å². The average Bonchev–Trinajstić information content (AvgIpc) is 3.69. The fourth-order valence-corrected chi connectivity index (χ4v) is 7.61. The molecule has 0 N–H and O–H groups in total. The summed E-state index contributed by atoms with van der Waals surface area (Å²) in [6.07, 6.45) is 0. The summed E-state index contributed by atoms with van der Waals surface area (Å²) in [5.41, 5.74) is 6.50. The van der Waals surface area contributed by atoms with Gasteiger partial charge < -0.3 is 4.42 Å². The number of benzene rings is 7. The SMILES string of the molecule is [B]c1c([B])c(-c2c([B])c([B])c([B])c3c2oc2c([B])c([B])c([B])c([B])c23)c([B])c([B])c1-c1nc(-c2ccc(-c3ccccc3)cc2)nc(-c2ccc(-c3ccccc3)cc2)n1. The lowest BCUT2D eigenvalue weighted by molar-refractivity contribution is 0.673. The van der Waals surface area contributed by atoms with Crippen LogP contribution in [0.25, 0.3) is 89.5 Å². The zero-order valence-electron chi connectivity index (χ0n) is 32.0. The molecule has 0 atom stereocenters. The van der Waals surface area contributed by atoms with Crippen LogP contribution in [-0.4, -0.2) is 101 Å². The molecule has 0 spiro atoms. The second kappa shape index (κ2) is 15.3. The smallest absolute Gasteiger partial charge is 0.164 e. The van der Waals surface area contributed by atoms with Crippen LogP contribution in [0.1, 0.15) is 0 Å². The van der Waals surface area contributed by atoms with Gasteiger partial charge in [-0.3, -0.25) is 0 Å². The van der Waals surface area contributed by atoms with Crippen molar-refractivity contribution in [2.45, 2.75) is 0 Å². The monoisotopic (exact) mass is 737 g/mol. The number of nitrogens with zero attached hydrogens (tertiary/aromatic N) is 3. The number of hydrogen-bond acceptors (Lipinski definition) is 4. The van der Waals surface area contributed by atoms with Crippen LogP contribution in [0, 0.1) is 0 Å². The Hall–Kier alpha value is -5.94. The molecule has 0 aliphatic carbocycles. The van der Waals surface area contributed by atoms with E-state index in [9.17, 15) is 0 Å². The standard InChI is InChI=1S/C45H18B11N3O/c46-30-25(26-32(48)37(53)33(49)27-28-34(50)38(54)39(55)40(56)42(28)60-41(26)27)31(47)36(52)29(35(30)51)45-58-43(23-15-11-21(12-16-23)19-7-3-1-4-8-19)57-44(59-45)24-17-13-22(14-18-24)20-9-5-2-6-10-20/h1-18H. The van der Waals surface area contributed by atoms with Crippen LogP contribution < -0.4 is 60.1 Å². The Morgan fingerprint density at radius 1 is 0.267 bits per heavy atom. The molecule has 2 aromatic heterocycles. The minimum absolute atomic E-state index is 0.00287. The molecule has 2 heterocycles. The van der Waals surface area contributed by atoms with Crippen LogP contribution >= 0.6 is 0 Å². The molecule has 4 nitrogen and oxygen atoms in total. The molecule has 0 bridgehead atoms. The zero-order chi connectivity index (χ0) is 42.1. The van der Waals surface area contributed by atoms with E-state index in [1.165, 1.54) is 0 Å². The number of furan rings is 1. The number of fused-ring (bicyclic) bond motifs is 3. The van der Waals surface area contributed by atoms with Gasteiger partial charge in [-0.25, -0.2) is 15.0 Å². The highest BCUT2D eigenvalue weighted by molar-refractivity contribution is 6.70. The third-order valence-corrected chi connectivity index (χ3v) is 10.9. The Labute approximate surface area is 362 Å². The summed E-state index contributed by atoms with van der Waals surface area (Å²) in [5, 5.41) is 0.555. The van der Waals surface area contributed by atoms with E-state index in [1.54, 1.807) is 0 Å². The van der Waals surface area contributed by atoms with E-state index in [4.69, 9.17) is 106 Å². The molecule has 0 saturated carbocycles. The van der Waals surface area contributed by atoms with Gasteiger partial charge in [0.1, 0.15) is 97.5 Å². The van der Waals surface area contributed by atoms with Gasteiger partial charge in [0.2, 0.25) is 0 Å². The van der Waals surface area contributed by atoms with Crippen molar-refractivity contribution in [3.63, 3.8) is 0 Å². The quantitative estimate of drug-likeness (QED) is 0.196. The Morgan fingerprint density at radius 3 is 1.07 bits per heavy atom. The van der Waals surface area contributed by atoms with Gasteiger partial charge in [0.15, 0.2) is 17.5 Å². The number of hydrogen-bond donors (Lipinski definition) is 0. The van der Waals surface area contributed by atoms with Gasteiger partial charge in [-0.15, -0.1) is 16.4 Å². The summed E-state index contributed by atoms with van der Waals surface area (Å²) in [5.74, 6) is 0.837. The maximum atomic E-state index is 6.93. The third-order valence-electron chi connectivity index (χ3n) is 10.9. The maximum absolute atomic E-state index is 6.93. The second-order valence-electron chi connectivity index (χ2n) is 14.4. The molecule has 252 valence electrons. The van der Waals surface area contributed by atoms with E-state index in [2.05, 4.69) is 0 Å². The molecule has 22 radical (unpaired) electrons. The molecule has 15 heteroatoms. The molecule has 0 aliphatic rings. The van der Waals surface area contributed by atoms with Crippen molar-refractivity contribution in [2.24, 2.45) is 0 Å². The number of rotatable bonds is 6. The first kappa shape index (κ1) is 39.5. The van der Waals surface area contributed by atoms with Crippen LogP contribution in [0.3, 0.4) is 0 Å². The fourth-order valence-electron chi connectivity index (χ4n) is 7.61. The molecule has 7 aromatic carbocycles. The van der Waals surface area contributed by atoms with Crippen LogP contribution in [0.15, 0.2) is 114 Å². The first-order chi connectivity index (χ1) is 28.8. The lowest BCUT2D eigenvalue weighted by Crippen LogP contribution is -2.48. The number of aromatic nitrogens is 3.